The van der Waals surface area contributed by atoms with E-state index in [0.717, 1.165) is 0 Å². The first-order valence-corrected chi connectivity index (χ1v) is 14.1. The van der Waals surface area contributed by atoms with Gasteiger partial charge in [0.1, 0.15) is 0 Å². The van der Waals surface area contributed by atoms with E-state index in [0.29, 0.717) is 0 Å². The minimum Gasteiger partial charge on any atom is -0.265 e. The normalized spacial score (nSPS) is 8.46. The summed E-state index contributed by atoms with van der Waals surface area (Å²) in [6.45, 7) is 0. The van der Waals surface area contributed by atoms with Crippen molar-refractivity contribution in [3.05, 3.63) is 122 Å². The van der Waals surface area contributed by atoms with E-state index in [4.69, 9.17) is 29.1 Å². The monoisotopic (exact) mass is 524 g/mol. The molecule has 0 saturated heterocycles. The molecule has 4 rings (SSSR count). The zero-order chi connectivity index (χ0) is 20.5. The van der Waals surface area contributed by atoms with Crippen molar-refractivity contribution in [3.63, 3.8) is 0 Å². The van der Waals surface area contributed by atoms with Gasteiger partial charge >= 0.3 is 42.1 Å². The predicted molar refractivity (Wildman–Crippen MR) is 115 cm³/mol. The molecule has 0 aliphatic carbocycles. The average molecular weight is 526 g/mol. The predicted octanol–water partition coefficient (Wildman–Crippen LogP) is 6.39. The third-order valence-electron chi connectivity index (χ3n) is 2.27. The molecule has 28 heavy (non-hydrogen) atoms. The molecular weight excluding hydrogens is 506 g/mol. The molecule has 0 bridgehead atoms. The molecule has 0 atom stereocenters. The first kappa shape index (κ1) is 26.1. The third-order valence-corrected chi connectivity index (χ3v) is 2.27. The molecule has 4 aromatic rings. The van der Waals surface area contributed by atoms with Crippen molar-refractivity contribution in [2.24, 2.45) is 0 Å². The Labute approximate surface area is 183 Å². The van der Waals surface area contributed by atoms with E-state index in [1.807, 2.05) is 72.8 Å². The Morgan fingerprint density at radius 1 is 0.321 bits per heavy atom. The van der Waals surface area contributed by atoms with Gasteiger partial charge in [0.2, 0.25) is 0 Å². The van der Waals surface area contributed by atoms with Crippen LogP contribution in [0.1, 0.15) is 0 Å². The second-order valence-electron chi connectivity index (χ2n) is 4.24. The van der Waals surface area contributed by atoms with Crippen LogP contribution in [0.25, 0.3) is 0 Å². The van der Waals surface area contributed by atoms with Crippen LogP contribution >= 0.6 is 29.1 Å². The molecule has 0 aliphatic rings. The fourth-order valence-electron chi connectivity index (χ4n) is 1.25. The van der Waals surface area contributed by atoms with Crippen LogP contribution in [-0.4, -0.2) is 19.9 Å². The molecule has 4 aromatic heterocycles. The molecule has 0 saturated carbocycles. The summed E-state index contributed by atoms with van der Waals surface area (Å²) < 4.78 is 0. The van der Waals surface area contributed by atoms with Gasteiger partial charge in [0.25, 0.3) is 0 Å². The van der Waals surface area contributed by atoms with Crippen LogP contribution in [0.5, 0.6) is 0 Å². The van der Waals surface area contributed by atoms with Gasteiger partial charge in [-0.1, -0.05) is 24.3 Å². The summed E-state index contributed by atoms with van der Waals surface area (Å²) in [6, 6.07) is 22.9. The van der Waals surface area contributed by atoms with Crippen molar-refractivity contribution in [3.8, 4) is 0 Å². The van der Waals surface area contributed by atoms with Gasteiger partial charge in [-0.25, -0.2) is 0 Å². The number of aromatic nitrogens is 4. The quantitative estimate of drug-likeness (QED) is 0.250. The van der Waals surface area contributed by atoms with Gasteiger partial charge in [-0.2, -0.15) is 0 Å². The van der Waals surface area contributed by atoms with Gasteiger partial charge in [0.05, 0.1) is 0 Å². The molecule has 0 amide bonds. The van der Waals surface area contributed by atoms with Gasteiger partial charge in [-0.15, -0.1) is 0 Å². The Morgan fingerprint density at radius 2 is 0.464 bits per heavy atom. The van der Waals surface area contributed by atoms with Crippen LogP contribution in [0.3, 0.4) is 0 Å². The summed E-state index contributed by atoms with van der Waals surface area (Å²) in [4.78, 5) is 15.1. The molecule has 0 radical (unpaired) electrons. The summed E-state index contributed by atoms with van der Waals surface area (Å²) >= 11 is -1.66. The van der Waals surface area contributed by atoms with Crippen molar-refractivity contribution in [1.29, 1.82) is 0 Å². The summed E-state index contributed by atoms with van der Waals surface area (Å²) in [6.07, 6.45) is 14.0. The van der Waals surface area contributed by atoms with E-state index in [-0.39, 0.29) is 0 Å². The van der Waals surface area contributed by atoms with Gasteiger partial charge in [-0.05, 0) is 48.5 Å². The number of rotatable bonds is 0. The van der Waals surface area contributed by atoms with Crippen molar-refractivity contribution in [2.45, 2.75) is 0 Å². The molecule has 0 N–H and O–H groups in total. The van der Waals surface area contributed by atoms with Crippen LogP contribution in [0, 0.1) is 0 Å². The van der Waals surface area contributed by atoms with E-state index < -0.39 is 13.0 Å². The maximum absolute atomic E-state index is 4.94. The summed E-state index contributed by atoms with van der Waals surface area (Å²) in [5.74, 6) is 0. The zero-order valence-corrected chi connectivity index (χ0v) is 18.7. The molecule has 4 nitrogen and oxygen atoms in total. The molecule has 0 aliphatic heterocycles. The molecule has 150 valence electrons. The van der Waals surface area contributed by atoms with Crippen LogP contribution in [0.4, 0.5) is 0 Å². The maximum Gasteiger partial charge on any atom is 0.0267 e. The minimum atomic E-state index is -1.66. The number of halogens is 3. The zero-order valence-electron chi connectivity index (χ0n) is 14.8. The summed E-state index contributed by atoms with van der Waals surface area (Å²) in [7, 11) is 14.8. The van der Waals surface area contributed by atoms with E-state index in [2.05, 4.69) is 19.9 Å². The van der Waals surface area contributed by atoms with Gasteiger partial charge in [-0.3, -0.25) is 19.9 Å². The Balaban J connectivity index is 0.000000328. The molecule has 0 unspecified atom stereocenters. The third kappa shape index (κ3) is 26.3. The fourth-order valence-corrected chi connectivity index (χ4v) is 1.25. The van der Waals surface area contributed by atoms with Gasteiger partial charge in [0, 0.05) is 49.6 Å². The van der Waals surface area contributed by atoms with E-state index >= 15 is 0 Å². The molecule has 8 heteroatoms. The summed E-state index contributed by atoms with van der Waals surface area (Å²) in [5, 5.41) is 0. The molecule has 0 aromatic carbocycles. The van der Waals surface area contributed by atoms with Crippen LogP contribution < -0.4 is 0 Å². The number of hydrogen-bond acceptors (Lipinski definition) is 4. The number of nitrogens with zero attached hydrogens (tertiary/aromatic N) is 4. The second-order valence-corrected chi connectivity index (χ2v) is 11.7. The van der Waals surface area contributed by atoms with Crippen molar-refractivity contribution in [2.75, 3.05) is 0 Å². The molecule has 4 heterocycles. The Kier molecular flexibility index (Phi) is 21.6. The van der Waals surface area contributed by atoms with Crippen molar-refractivity contribution >= 4 is 29.1 Å². The van der Waals surface area contributed by atoms with Crippen LogP contribution in [-0.2, 0) is 13.0 Å². The topological polar surface area (TPSA) is 51.6 Å². The van der Waals surface area contributed by atoms with Crippen molar-refractivity contribution in [1.82, 2.24) is 19.9 Å². The average Bonchev–Trinajstić information content (AvgIpc) is 2.79. The minimum absolute atomic E-state index is 1.66. The Hall–Kier alpha value is -1.91. The molecule has 0 spiro atoms. The number of hydrogen-bond donors (Lipinski definition) is 0. The van der Waals surface area contributed by atoms with Gasteiger partial charge < -0.3 is 0 Å². The fraction of sp³-hybridized carbons (Fsp3) is 0. The van der Waals surface area contributed by atoms with E-state index in [9.17, 15) is 0 Å². The standard InChI is InChI=1S/4C5H5N.3ClH.Rh/c4*1-2-4-6-5-3-1;;;;/h4*1-5H;3*1H;/q;;;;;;;+3/p-3. The Morgan fingerprint density at radius 3 is 0.500 bits per heavy atom. The Bertz CT molecular complexity index is 489. The van der Waals surface area contributed by atoms with E-state index in [1.54, 1.807) is 49.6 Å². The largest absolute Gasteiger partial charge is 0.265 e. The first-order chi connectivity index (χ1) is 13.7. The maximum atomic E-state index is 4.94. The smallest absolute Gasteiger partial charge is 0.0267 e. The summed E-state index contributed by atoms with van der Waals surface area (Å²) in [5.41, 5.74) is 0. The van der Waals surface area contributed by atoms with E-state index in [1.165, 1.54) is 0 Å². The first-order valence-electron chi connectivity index (χ1n) is 7.78. The second kappa shape index (κ2) is 23.1. The van der Waals surface area contributed by atoms with Crippen molar-refractivity contribution < 1.29 is 13.0 Å². The van der Waals surface area contributed by atoms with Crippen LogP contribution in [0.15, 0.2) is 122 Å². The van der Waals surface area contributed by atoms with Crippen LogP contribution in [0.2, 0.25) is 0 Å². The van der Waals surface area contributed by atoms with Gasteiger partial charge in [0.15, 0.2) is 0 Å². The number of pyridine rings is 4. The molecular formula is C20H20Cl3N4Rh. The SMILES string of the molecule is [Cl][Rh]([Cl])[Cl].c1ccncc1.c1ccncc1.c1ccncc1.c1ccncc1. The molecule has 0 fully saturated rings.